The lowest BCUT2D eigenvalue weighted by Crippen LogP contribution is -2.37. The maximum Gasteiger partial charge on any atom is 0.339 e. The van der Waals surface area contributed by atoms with Crippen LogP contribution in [0, 0.1) is 0 Å². The predicted molar refractivity (Wildman–Crippen MR) is 79.4 cm³/mol. The SMILES string of the molecule is O=C1O[C@@H](C(=O)Nc2cccc(Cl)c2)Cc2ccccc21. The van der Waals surface area contributed by atoms with Crippen LogP contribution in [0.15, 0.2) is 48.5 Å². The average molecular weight is 302 g/mol. The number of fused-ring (bicyclic) bond motifs is 1. The molecular weight excluding hydrogens is 290 g/mol. The lowest BCUT2D eigenvalue weighted by Gasteiger charge is -2.23. The van der Waals surface area contributed by atoms with Crippen LogP contribution in [0.5, 0.6) is 0 Å². The summed E-state index contributed by atoms with van der Waals surface area (Å²) in [5.41, 5.74) is 1.91. The Labute approximate surface area is 126 Å². The smallest absolute Gasteiger partial charge is 0.339 e. The third-order valence-corrected chi connectivity index (χ3v) is 3.51. The van der Waals surface area contributed by atoms with Crippen LogP contribution in [0.25, 0.3) is 0 Å². The summed E-state index contributed by atoms with van der Waals surface area (Å²) in [4.78, 5) is 24.1. The molecule has 0 radical (unpaired) electrons. The Morgan fingerprint density at radius 2 is 2.00 bits per heavy atom. The van der Waals surface area contributed by atoms with Gasteiger partial charge in [-0.15, -0.1) is 0 Å². The van der Waals surface area contributed by atoms with E-state index in [2.05, 4.69) is 5.32 Å². The van der Waals surface area contributed by atoms with Gasteiger partial charge in [0.05, 0.1) is 5.56 Å². The first-order valence-corrected chi connectivity index (χ1v) is 6.86. The van der Waals surface area contributed by atoms with Crippen molar-refractivity contribution in [3.05, 3.63) is 64.7 Å². The number of hydrogen-bond acceptors (Lipinski definition) is 3. The molecule has 1 heterocycles. The van der Waals surface area contributed by atoms with E-state index >= 15 is 0 Å². The van der Waals surface area contributed by atoms with Crippen LogP contribution in [0.4, 0.5) is 5.69 Å². The number of amides is 1. The summed E-state index contributed by atoms with van der Waals surface area (Å²) in [5.74, 6) is -0.830. The molecule has 1 atom stereocenters. The molecule has 0 saturated carbocycles. The first-order chi connectivity index (χ1) is 10.1. The molecule has 106 valence electrons. The van der Waals surface area contributed by atoms with Crippen molar-refractivity contribution in [2.24, 2.45) is 0 Å². The Bertz CT molecular complexity index is 714. The van der Waals surface area contributed by atoms with E-state index in [-0.39, 0.29) is 5.91 Å². The summed E-state index contributed by atoms with van der Waals surface area (Å²) in [6, 6.07) is 13.9. The molecule has 0 unspecified atom stereocenters. The van der Waals surface area contributed by atoms with Crippen LogP contribution in [0.3, 0.4) is 0 Å². The predicted octanol–water partition coefficient (Wildman–Crippen LogP) is 3.06. The molecule has 2 aromatic rings. The first kappa shape index (κ1) is 13.6. The second kappa shape index (κ2) is 5.58. The zero-order valence-electron chi connectivity index (χ0n) is 11.0. The summed E-state index contributed by atoms with van der Waals surface area (Å²) in [6.07, 6.45) is -0.458. The van der Waals surface area contributed by atoms with Gasteiger partial charge in [0.1, 0.15) is 0 Å². The van der Waals surface area contributed by atoms with Crippen LogP contribution in [0.2, 0.25) is 5.02 Å². The number of nitrogens with one attached hydrogen (secondary N) is 1. The maximum atomic E-state index is 12.2. The zero-order valence-corrected chi connectivity index (χ0v) is 11.8. The van der Waals surface area contributed by atoms with Gasteiger partial charge in [-0.05, 0) is 29.8 Å². The van der Waals surface area contributed by atoms with Gasteiger partial charge in [-0.3, -0.25) is 4.79 Å². The van der Waals surface area contributed by atoms with Crippen molar-refractivity contribution in [2.45, 2.75) is 12.5 Å². The quantitative estimate of drug-likeness (QED) is 0.867. The van der Waals surface area contributed by atoms with E-state index in [0.717, 1.165) is 5.56 Å². The molecule has 0 aromatic heterocycles. The summed E-state index contributed by atoms with van der Waals surface area (Å²) >= 11 is 5.87. The normalized spacial score (nSPS) is 16.8. The van der Waals surface area contributed by atoms with Crippen molar-refractivity contribution in [3.8, 4) is 0 Å². The molecule has 0 bridgehead atoms. The molecule has 0 spiro atoms. The highest BCUT2D eigenvalue weighted by molar-refractivity contribution is 6.30. The van der Waals surface area contributed by atoms with E-state index in [9.17, 15) is 9.59 Å². The first-order valence-electron chi connectivity index (χ1n) is 6.49. The number of cyclic esters (lactones) is 1. The molecule has 3 rings (SSSR count). The fourth-order valence-corrected chi connectivity index (χ4v) is 2.46. The molecule has 0 saturated heterocycles. The fraction of sp³-hybridized carbons (Fsp3) is 0.125. The molecule has 5 heteroatoms. The van der Waals surface area contributed by atoms with E-state index in [0.29, 0.717) is 22.7 Å². The zero-order chi connectivity index (χ0) is 14.8. The number of rotatable bonds is 2. The summed E-state index contributed by atoms with van der Waals surface area (Å²) in [5, 5.41) is 3.23. The van der Waals surface area contributed by atoms with Crippen molar-refractivity contribution in [1.82, 2.24) is 0 Å². The number of benzene rings is 2. The Morgan fingerprint density at radius 3 is 2.81 bits per heavy atom. The van der Waals surface area contributed by atoms with Gasteiger partial charge in [-0.25, -0.2) is 4.79 Å². The minimum absolute atomic E-state index is 0.361. The molecule has 0 fully saturated rings. The van der Waals surface area contributed by atoms with Gasteiger partial charge in [-0.1, -0.05) is 35.9 Å². The molecule has 2 aromatic carbocycles. The minimum atomic E-state index is -0.827. The Balaban J connectivity index is 1.76. The van der Waals surface area contributed by atoms with E-state index < -0.39 is 12.1 Å². The summed E-state index contributed by atoms with van der Waals surface area (Å²) in [6.45, 7) is 0. The number of hydrogen-bond donors (Lipinski definition) is 1. The largest absolute Gasteiger partial charge is 0.448 e. The standard InChI is InChI=1S/C16H12ClNO3/c17-11-5-3-6-12(9-11)18-15(19)14-8-10-4-1-2-7-13(10)16(20)21-14/h1-7,9,14H,8H2,(H,18,19)/t14-/m1/s1. The molecule has 4 nitrogen and oxygen atoms in total. The molecule has 21 heavy (non-hydrogen) atoms. The van der Waals surface area contributed by atoms with Crippen LogP contribution in [-0.4, -0.2) is 18.0 Å². The van der Waals surface area contributed by atoms with Gasteiger partial charge in [0.2, 0.25) is 0 Å². The molecule has 1 N–H and O–H groups in total. The number of halogens is 1. The number of ether oxygens (including phenoxy) is 1. The fourth-order valence-electron chi connectivity index (χ4n) is 2.27. The third kappa shape index (κ3) is 2.90. The van der Waals surface area contributed by atoms with Gasteiger partial charge >= 0.3 is 5.97 Å². The second-order valence-corrected chi connectivity index (χ2v) is 5.19. The van der Waals surface area contributed by atoms with E-state index in [1.54, 1.807) is 36.4 Å². The lowest BCUT2D eigenvalue weighted by atomic mass is 9.98. The van der Waals surface area contributed by atoms with E-state index in [4.69, 9.17) is 16.3 Å². The van der Waals surface area contributed by atoms with Crippen molar-refractivity contribution < 1.29 is 14.3 Å². The molecule has 1 aliphatic rings. The van der Waals surface area contributed by atoms with Gasteiger partial charge in [0.25, 0.3) is 5.91 Å². The Kier molecular flexibility index (Phi) is 3.62. The van der Waals surface area contributed by atoms with Crippen LogP contribution in [0.1, 0.15) is 15.9 Å². The van der Waals surface area contributed by atoms with Crippen molar-refractivity contribution in [1.29, 1.82) is 0 Å². The number of esters is 1. The van der Waals surface area contributed by atoms with E-state index in [1.165, 1.54) is 0 Å². The third-order valence-electron chi connectivity index (χ3n) is 3.28. The number of anilines is 1. The van der Waals surface area contributed by atoms with Gasteiger partial charge in [-0.2, -0.15) is 0 Å². The van der Waals surface area contributed by atoms with Crippen LogP contribution < -0.4 is 5.32 Å². The molecular formula is C16H12ClNO3. The monoisotopic (exact) mass is 301 g/mol. The topological polar surface area (TPSA) is 55.4 Å². The highest BCUT2D eigenvalue weighted by Crippen LogP contribution is 2.22. The molecule has 0 aliphatic carbocycles. The maximum absolute atomic E-state index is 12.2. The van der Waals surface area contributed by atoms with Crippen LogP contribution in [-0.2, 0) is 16.0 Å². The van der Waals surface area contributed by atoms with Crippen LogP contribution >= 0.6 is 11.6 Å². The van der Waals surface area contributed by atoms with E-state index in [1.807, 2.05) is 12.1 Å². The highest BCUT2D eigenvalue weighted by atomic mass is 35.5. The van der Waals surface area contributed by atoms with Crippen molar-refractivity contribution in [2.75, 3.05) is 5.32 Å². The van der Waals surface area contributed by atoms with Gasteiger partial charge in [0.15, 0.2) is 6.10 Å². The van der Waals surface area contributed by atoms with Crippen molar-refractivity contribution >= 4 is 29.2 Å². The second-order valence-electron chi connectivity index (χ2n) is 4.75. The average Bonchev–Trinajstić information content (AvgIpc) is 2.47. The lowest BCUT2D eigenvalue weighted by molar-refractivity contribution is -0.125. The summed E-state index contributed by atoms with van der Waals surface area (Å²) in [7, 11) is 0. The number of carbonyl (C=O) groups is 2. The Morgan fingerprint density at radius 1 is 1.19 bits per heavy atom. The molecule has 1 aliphatic heterocycles. The summed E-state index contributed by atoms with van der Waals surface area (Å²) < 4.78 is 5.19. The van der Waals surface area contributed by atoms with Gasteiger partial charge < -0.3 is 10.1 Å². The highest BCUT2D eigenvalue weighted by Gasteiger charge is 2.30. The van der Waals surface area contributed by atoms with Gasteiger partial charge in [0, 0.05) is 17.1 Å². The minimum Gasteiger partial charge on any atom is -0.448 e. The molecule has 1 amide bonds. The van der Waals surface area contributed by atoms with Crippen molar-refractivity contribution in [3.63, 3.8) is 0 Å². The number of carbonyl (C=O) groups excluding carboxylic acids is 2. The Hall–Kier alpha value is -2.33.